The monoisotopic (exact) mass is 234 g/mol. The maximum atomic E-state index is 11.6. The molecule has 0 aromatic rings. The molecule has 3 aliphatic rings. The first-order valence-electron chi connectivity index (χ1n) is 6.46. The van der Waals surface area contributed by atoms with Crippen molar-refractivity contribution in [3.05, 3.63) is 11.1 Å². The lowest BCUT2D eigenvalue weighted by atomic mass is 9.63. The maximum absolute atomic E-state index is 11.6. The topological polar surface area (TPSA) is 43.4 Å². The van der Waals surface area contributed by atoms with E-state index in [1.54, 1.807) is 0 Å². The van der Waals surface area contributed by atoms with Crippen molar-refractivity contribution in [1.29, 1.82) is 0 Å². The van der Waals surface area contributed by atoms with E-state index in [9.17, 15) is 9.59 Å². The summed E-state index contributed by atoms with van der Waals surface area (Å²) in [6.45, 7) is 4.51. The lowest BCUT2D eigenvalue weighted by Gasteiger charge is -2.40. The van der Waals surface area contributed by atoms with Crippen LogP contribution in [0.25, 0.3) is 0 Å². The molecule has 0 N–H and O–H groups in total. The van der Waals surface area contributed by atoms with Crippen molar-refractivity contribution < 1.29 is 14.3 Å². The van der Waals surface area contributed by atoms with Crippen LogP contribution < -0.4 is 0 Å². The van der Waals surface area contributed by atoms with Crippen molar-refractivity contribution in [2.75, 3.05) is 0 Å². The normalized spacial score (nSPS) is 35.4. The highest BCUT2D eigenvalue weighted by molar-refractivity contribution is 5.97. The van der Waals surface area contributed by atoms with Crippen LogP contribution >= 0.6 is 0 Å². The van der Waals surface area contributed by atoms with Crippen LogP contribution in [0.15, 0.2) is 11.1 Å². The van der Waals surface area contributed by atoms with E-state index < -0.39 is 0 Å². The second kappa shape index (κ2) is 3.44. The molecule has 0 spiro atoms. The molecule has 2 atom stereocenters. The molecule has 0 unspecified atom stereocenters. The average molecular weight is 234 g/mol. The van der Waals surface area contributed by atoms with E-state index in [0.717, 1.165) is 19.3 Å². The van der Waals surface area contributed by atoms with E-state index in [2.05, 4.69) is 13.8 Å². The summed E-state index contributed by atoms with van der Waals surface area (Å²) >= 11 is 0. The summed E-state index contributed by atoms with van der Waals surface area (Å²) in [7, 11) is 0. The van der Waals surface area contributed by atoms with Crippen molar-refractivity contribution in [1.82, 2.24) is 0 Å². The number of ether oxygens (including phenoxy) is 1. The third-order valence-electron chi connectivity index (χ3n) is 4.71. The van der Waals surface area contributed by atoms with Crippen LogP contribution in [-0.2, 0) is 14.3 Å². The summed E-state index contributed by atoms with van der Waals surface area (Å²) in [5, 5.41) is 0. The molecule has 0 radical (unpaired) electrons. The molecular formula is C14H18O3. The minimum Gasteiger partial charge on any atom is -0.393 e. The van der Waals surface area contributed by atoms with Gasteiger partial charge in [0.2, 0.25) is 0 Å². The molecule has 1 heterocycles. The molecule has 0 amide bonds. The van der Waals surface area contributed by atoms with Gasteiger partial charge in [0.05, 0.1) is 11.8 Å². The minimum atomic E-state index is -0.298. The van der Waals surface area contributed by atoms with Gasteiger partial charge in [-0.2, -0.15) is 0 Å². The molecule has 1 aliphatic heterocycles. The van der Waals surface area contributed by atoms with Crippen LogP contribution in [0.1, 0.15) is 46.0 Å². The van der Waals surface area contributed by atoms with Gasteiger partial charge in [-0.15, -0.1) is 0 Å². The molecule has 3 nitrogen and oxygen atoms in total. The van der Waals surface area contributed by atoms with Crippen LogP contribution in [0.4, 0.5) is 0 Å². The van der Waals surface area contributed by atoms with Gasteiger partial charge in [0, 0.05) is 0 Å². The van der Waals surface area contributed by atoms with Gasteiger partial charge >= 0.3 is 11.9 Å². The zero-order valence-corrected chi connectivity index (χ0v) is 10.4. The Bertz CT molecular complexity index is 431. The third-order valence-corrected chi connectivity index (χ3v) is 4.71. The van der Waals surface area contributed by atoms with Gasteiger partial charge < -0.3 is 4.74 Å². The van der Waals surface area contributed by atoms with Crippen molar-refractivity contribution in [3.8, 4) is 0 Å². The quantitative estimate of drug-likeness (QED) is 0.367. The SMILES string of the molecule is CC1(C)CCCC2=C1C[C@H]1C(=O)OC(=O)[C@H]1C2. The molecule has 0 aromatic carbocycles. The lowest BCUT2D eigenvalue weighted by molar-refractivity contribution is -0.153. The van der Waals surface area contributed by atoms with E-state index >= 15 is 0 Å². The van der Waals surface area contributed by atoms with Gasteiger partial charge in [0.25, 0.3) is 0 Å². The molecule has 1 saturated heterocycles. The molecule has 2 aliphatic carbocycles. The molecule has 0 bridgehead atoms. The van der Waals surface area contributed by atoms with Crippen molar-refractivity contribution in [2.45, 2.75) is 46.0 Å². The van der Waals surface area contributed by atoms with Crippen LogP contribution in [0.5, 0.6) is 0 Å². The average Bonchev–Trinajstić information content (AvgIpc) is 2.53. The highest BCUT2D eigenvalue weighted by Gasteiger charge is 2.49. The highest BCUT2D eigenvalue weighted by Crippen LogP contribution is 2.51. The Morgan fingerprint density at radius 3 is 2.47 bits per heavy atom. The number of rotatable bonds is 0. The Labute approximate surface area is 101 Å². The van der Waals surface area contributed by atoms with Crippen LogP contribution in [0.2, 0.25) is 0 Å². The number of hydrogen-bond acceptors (Lipinski definition) is 3. The predicted octanol–water partition coefficient (Wildman–Crippen LogP) is 2.60. The summed E-state index contributed by atoms with van der Waals surface area (Å²) in [4.78, 5) is 23.2. The summed E-state index contributed by atoms with van der Waals surface area (Å²) in [6, 6.07) is 0. The summed E-state index contributed by atoms with van der Waals surface area (Å²) in [5.41, 5.74) is 3.05. The summed E-state index contributed by atoms with van der Waals surface area (Å²) in [5.74, 6) is -0.975. The van der Waals surface area contributed by atoms with Gasteiger partial charge in [-0.25, -0.2) is 0 Å². The van der Waals surface area contributed by atoms with E-state index in [0.29, 0.717) is 0 Å². The molecular weight excluding hydrogens is 216 g/mol. The first-order chi connectivity index (χ1) is 7.99. The van der Waals surface area contributed by atoms with Crippen molar-refractivity contribution in [3.63, 3.8) is 0 Å². The smallest absolute Gasteiger partial charge is 0.317 e. The van der Waals surface area contributed by atoms with E-state index in [-0.39, 0.29) is 29.2 Å². The number of cyclic esters (lactones) is 2. The largest absolute Gasteiger partial charge is 0.393 e. The van der Waals surface area contributed by atoms with Gasteiger partial charge in [-0.05, 0) is 37.5 Å². The van der Waals surface area contributed by atoms with Crippen LogP contribution in [-0.4, -0.2) is 11.9 Å². The number of esters is 2. The van der Waals surface area contributed by atoms with Crippen LogP contribution in [0.3, 0.4) is 0 Å². The van der Waals surface area contributed by atoms with Crippen molar-refractivity contribution in [2.24, 2.45) is 17.3 Å². The third kappa shape index (κ3) is 1.55. The van der Waals surface area contributed by atoms with Gasteiger partial charge in [-0.1, -0.05) is 25.0 Å². The number of allylic oxidation sites excluding steroid dienone is 2. The molecule has 0 saturated carbocycles. The number of carbonyl (C=O) groups excluding carboxylic acids is 2. The molecule has 0 aromatic heterocycles. The zero-order valence-electron chi connectivity index (χ0n) is 10.4. The fourth-order valence-electron chi connectivity index (χ4n) is 3.69. The number of carbonyl (C=O) groups is 2. The molecule has 92 valence electrons. The molecule has 1 fully saturated rings. The van der Waals surface area contributed by atoms with E-state index in [1.807, 2.05) is 0 Å². The first-order valence-corrected chi connectivity index (χ1v) is 6.46. The van der Waals surface area contributed by atoms with Gasteiger partial charge in [0.15, 0.2) is 0 Å². The lowest BCUT2D eigenvalue weighted by Crippen LogP contribution is -2.31. The Morgan fingerprint density at radius 2 is 1.76 bits per heavy atom. The Hall–Kier alpha value is -1.12. The highest BCUT2D eigenvalue weighted by atomic mass is 16.6. The second-order valence-corrected chi connectivity index (χ2v) is 6.18. The maximum Gasteiger partial charge on any atom is 0.317 e. The fourth-order valence-corrected chi connectivity index (χ4v) is 3.69. The van der Waals surface area contributed by atoms with Gasteiger partial charge in [-0.3, -0.25) is 9.59 Å². The van der Waals surface area contributed by atoms with Crippen molar-refractivity contribution >= 4 is 11.9 Å². The molecule has 17 heavy (non-hydrogen) atoms. The summed E-state index contributed by atoms with van der Waals surface area (Å²) < 4.78 is 4.78. The van der Waals surface area contributed by atoms with E-state index in [1.165, 1.54) is 24.0 Å². The van der Waals surface area contributed by atoms with Crippen LogP contribution in [0, 0.1) is 17.3 Å². The second-order valence-electron chi connectivity index (χ2n) is 6.18. The molecule has 3 rings (SSSR count). The van der Waals surface area contributed by atoms with E-state index in [4.69, 9.17) is 4.74 Å². The first kappa shape index (κ1) is 11.0. The predicted molar refractivity (Wildman–Crippen MR) is 62.0 cm³/mol. The fraction of sp³-hybridized carbons (Fsp3) is 0.714. The van der Waals surface area contributed by atoms with Gasteiger partial charge in [0.1, 0.15) is 0 Å². The minimum absolute atomic E-state index is 0.185. The summed E-state index contributed by atoms with van der Waals surface area (Å²) in [6.07, 6.45) is 4.99. The Morgan fingerprint density at radius 1 is 1.12 bits per heavy atom. The number of fused-ring (bicyclic) bond motifs is 1. The Kier molecular flexibility index (Phi) is 2.22. The number of hydrogen-bond donors (Lipinski definition) is 0. The Balaban J connectivity index is 1.98. The standard InChI is InChI=1S/C14H18O3/c1-14(2)5-3-4-8-6-9-10(7-11(8)14)13(16)17-12(9)15/h9-10H,3-7H2,1-2H3/t9-,10+/m0/s1. The molecule has 3 heteroatoms. The zero-order chi connectivity index (χ0) is 12.2.